The Balaban J connectivity index is 1.76. The topological polar surface area (TPSA) is 79.2 Å². The maximum atomic E-state index is 9.51. The van der Waals surface area contributed by atoms with Gasteiger partial charge in [0, 0.05) is 0 Å². The standard InChI is InChI=1S/C12H16O5/c13-10-9(17-12(15)11(10)14)7-16-6-8-4-2-1-3-5-8/h1-5,9-15H,6-7H2. The Bertz CT molecular complexity index is 342. The average molecular weight is 240 g/mol. The molecule has 5 heteroatoms. The number of ether oxygens (including phenoxy) is 2. The minimum Gasteiger partial charge on any atom is -0.387 e. The molecule has 0 aliphatic carbocycles. The molecule has 1 aromatic carbocycles. The lowest BCUT2D eigenvalue weighted by Crippen LogP contribution is -2.34. The van der Waals surface area contributed by atoms with E-state index in [0.717, 1.165) is 5.56 Å². The van der Waals surface area contributed by atoms with Gasteiger partial charge in [-0.2, -0.15) is 0 Å². The maximum absolute atomic E-state index is 9.51. The van der Waals surface area contributed by atoms with Gasteiger partial charge in [0.1, 0.15) is 18.3 Å². The molecule has 3 N–H and O–H groups in total. The third-order valence-electron chi connectivity index (χ3n) is 2.73. The van der Waals surface area contributed by atoms with Crippen molar-refractivity contribution in [3.8, 4) is 0 Å². The van der Waals surface area contributed by atoms with Gasteiger partial charge in [0.05, 0.1) is 13.2 Å². The predicted octanol–water partition coefficient (Wildman–Crippen LogP) is -0.358. The molecular weight excluding hydrogens is 224 g/mol. The zero-order valence-electron chi connectivity index (χ0n) is 9.27. The number of aliphatic hydroxyl groups is 3. The lowest BCUT2D eigenvalue weighted by atomic mass is 10.1. The quantitative estimate of drug-likeness (QED) is 0.670. The summed E-state index contributed by atoms with van der Waals surface area (Å²) in [5.41, 5.74) is 1.01. The van der Waals surface area contributed by atoms with Crippen molar-refractivity contribution in [2.24, 2.45) is 0 Å². The Kier molecular flexibility index (Phi) is 4.09. The Morgan fingerprint density at radius 2 is 1.76 bits per heavy atom. The van der Waals surface area contributed by atoms with E-state index in [1.807, 2.05) is 30.3 Å². The molecule has 5 nitrogen and oxygen atoms in total. The summed E-state index contributed by atoms with van der Waals surface area (Å²) in [6, 6.07) is 9.59. The van der Waals surface area contributed by atoms with Crippen LogP contribution in [0, 0.1) is 0 Å². The molecule has 94 valence electrons. The lowest BCUT2D eigenvalue weighted by Gasteiger charge is -2.14. The van der Waals surface area contributed by atoms with Gasteiger partial charge in [-0.3, -0.25) is 0 Å². The summed E-state index contributed by atoms with van der Waals surface area (Å²) in [5, 5.41) is 27.9. The van der Waals surface area contributed by atoms with Gasteiger partial charge in [-0.25, -0.2) is 0 Å². The normalized spacial score (nSPS) is 32.9. The van der Waals surface area contributed by atoms with Gasteiger partial charge in [-0.05, 0) is 5.56 Å². The zero-order chi connectivity index (χ0) is 12.3. The largest absolute Gasteiger partial charge is 0.387 e. The number of hydrogen-bond acceptors (Lipinski definition) is 5. The van der Waals surface area contributed by atoms with Crippen LogP contribution in [0.2, 0.25) is 0 Å². The molecule has 4 atom stereocenters. The third kappa shape index (κ3) is 3.02. The first-order valence-corrected chi connectivity index (χ1v) is 5.50. The van der Waals surface area contributed by atoms with Crippen LogP contribution in [0.5, 0.6) is 0 Å². The summed E-state index contributed by atoms with van der Waals surface area (Å²) in [6.07, 6.45) is -4.40. The summed E-state index contributed by atoms with van der Waals surface area (Å²) in [4.78, 5) is 0. The van der Waals surface area contributed by atoms with E-state index in [9.17, 15) is 10.2 Å². The molecule has 0 amide bonds. The summed E-state index contributed by atoms with van der Waals surface area (Å²) in [5.74, 6) is 0. The highest BCUT2D eigenvalue weighted by Gasteiger charge is 2.41. The van der Waals surface area contributed by atoms with Crippen molar-refractivity contribution in [1.29, 1.82) is 0 Å². The van der Waals surface area contributed by atoms with Crippen molar-refractivity contribution < 1.29 is 24.8 Å². The molecule has 2 rings (SSSR count). The van der Waals surface area contributed by atoms with E-state index < -0.39 is 24.6 Å². The highest BCUT2D eigenvalue weighted by Crippen LogP contribution is 2.19. The average Bonchev–Trinajstić information content (AvgIpc) is 2.59. The molecule has 1 aromatic rings. The van der Waals surface area contributed by atoms with Gasteiger partial charge < -0.3 is 24.8 Å². The molecule has 17 heavy (non-hydrogen) atoms. The number of benzene rings is 1. The van der Waals surface area contributed by atoms with Gasteiger partial charge in [0.25, 0.3) is 0 Å². The molecule has 0 bridgehead atoms. The highest BCUT2D eigenvalue weighted by atomic mass is 16.7. The van der Waals surface area contributed by atoms with Crippen LogP contribution in [0.3, 0.4) is 0 Å². The monoisotopic (exact) mass is 240 g/mol. The Labute approximate surface area is 99.2 Å². The van der Waals surface area contributed by atoms with Gasteiger partial charge >= 0.3 is 0 Å². The van der Waals surface area contributed by atoms with E-state index in [0.29, 0.717) is 6.61 Å². The molecule has 0 radical (unpaired) electrons. The second kappa shape index (κ2) is 5.57. The minimum absolute atomic E-state index is 0.129. The molecule has 1 aliphatic rings. The molecule has 0 aromatic heterocycles. The van der Waals surface area contributed by atoms with Crippen LogP contribution in [-0.4, -0.2) is 46.5 Å². The van der Waals surface area contributed by atoms with Crippen LogP contribution in [-0.2, 0) is 16.1 Å². The van der Waals surface area contributed by atoms with Gasteiger partial charge in [-0.15, -0.1) is 0 Å². The van der Waals surface area contributed by atoms with E-state index in [-0.39, 0.29) is 6.61 Å². The third-order valence-corrected chi connectivity index (χ3v) is 2.73. The van der Waals surface area contributed by atoms with Crippen LogP contribution in [0.1, 0.15) is 5.56 Å². The van der Waals surface area contributed by atoms with Crippen molar-refractivity contribution >= 4 is 0 Å². The molecule has 1 heterocycles. The first-order chi connectivity index (χ1) is 8.18. The maximum Gasteiger partial charge on any atom is 0.184 e. The molecule has 4 unspecified atom stereocenters. The van der Waals surface area contributed by atoms with E-state index >= 15 is 0 Å². The van der Waals surface area contributed by atoms with Crippen molar-refractivity contribution in [3.63, 3.8) is 0 Å². The zero-order valence-corrected chi connectivity index (χ0v) is 9.27. The highest BCUT2D eigenvalue weighted by molar-refractivity contribution is 5.13. The fourth-order valence-corrected chi connectivity index (χ4v) is 1.73. The first-order valence-electron chi connectivity index (χ1n) is 5.50. The number of hydrogen-bond donors (Lipinski definition) is 3. The Morgan fingerprint density at radius 3 is 2.35 bits per heavy atom. The molecule has 1 saturated heterocycles. The van der Waals surface area contributed by atoms with Crippen molar-refractivity contribution in [2.75, 3.05) is 6.61 Å². The molecule has 0 saturated carbocycles. The van der Waals surface area contributed by atoms with E-state index in [2.05, 4.69) is 0 Å². The Morgan fingerprint density at radius 1 is 1.06 bits per heavy atom. The van der Waals surface area contributed by atoms with Crippen LogP contribution in [0.15, 0.2) is 30.3 Å². The van der Waals surface area contributed by atoms with E-state index in [1.165, 1.54) is 0 Å². The van der Waals surface area contributed by atoms with Crippen molar-refractivity contribution in [1.82, 2.24) is 0 Å². The van der Waals surface area contributed by atoms with Crippen LogP contribution in [0.25, 0.3) is 0 Å². The van der Waals surface area contributed by atoms with E-state index in [1.54, 1.807) is 0 Å². The van der Waals surface area contributed by atoms with Crippen molar-refractivity contribution in [3.05, 3.63) is 35.9 Å². The van der Waals surface area contributed by atoms with Crippen LogP contribution >= 0.6 is 0 Å². The number of rotatable bonds is 4. The summed E-state index contributed by atoms with van der Waals surface area (Å²) in [7, 11) is 0. The fourth-order valence-electron chi connectivity index (χ4n) is 1.73. The number of aliphatic hydroxyl groups excluding tert-OH is 3. The predicted molar refractivity (Wildman–Crippen MR) is 59.0 cm³/mol. The second-order valence-electron chi connectivity index (χ2n) is 4.05. The molecule has 1 aliphatic heterocycles. The Hall–Kier alpha value is -0.980. The van der Waals surface area contributed by atoms with Gasteiger partial charge in [-0.1, -0.05) is 30.3 Å². The summed E-state index contributed by atoms with van der Waals surface area (Å²) < 4.78 is 10.3. The first kappa shape index (κ1) is 12.5. The van der Waals surface area contributed by atoms with Gasteiger partial charge in [0.2, 0.25) is 0 Å². The van der Waals surface area contributed by atoms with Crippen LogP contribution < -0.4 is 0 Å². The second-order valence-corrected chi connectivity index (χ2v) is 4.05. The minimum atomic E-state index is -1.34. The molecule has 1 fully saturated rings. The smallest absolute Gasteiger partial charge is 0.184 e. The molecule has 0 spiro atoms. The SMILES string of the molecule is OC1OC(COCc2ccccc2)C(O)C1O. The van der Waals surface area contributed by atoms with E-state index in [4.69, 9.17) is 14.6 Å². The van der Waals surface area contributed by atoms with Crippen molar-refractivity contribution in [2.45, 2.75) is 31.2 Å². The van der Waals surface area contributed by atoms with Gasteiger partial charge in [0.15, 0.2) is 6.29 Å². The fraction of sp³-hybridized carbons (Fsp3) is 0.500. The summed E-state index contributed by atoms with van der Waals surface area (Å²) in [6.45, 7) is 0.532. The molecular formula is C12H16O5. The van der Waals surface area contributed by atoms with Crippen LogP contribution in [0.4, 0.5) is 0 Å². The summed E-state index contributed by atoms with van der Waals surface area (Å²) >= 11 is 0. The lowest BCUT2D eigenvalue weighted by molar-refractivity contribution is -0.137.